The van der Waals surface area contributed by atoms with Gasteiger partial charge in [0.05, 0.1) is 11.8 Å². The van der Waals surface area contributed by atoms with Gasteiger partial charge in [0, 0.05) is 11.9 Å². The van der Waals surface area contributed by atoms with Crippen molar-refractivity contribution < 1.29 is 0 Å². The van der Waals surface area contributed by atoms with E-state index >= 15 is 0 Å². The number of aromatic nitrogens is 5. The summed E-state index contributed by atoms with van der Waals surface area (Å²) < 4.78 is 0. The van der Waals surface area contributed by atoms with E-state index in [1.807, 2.05) is 31.2 Å². The van der Waals surface area contributed by atoms with Crippen molar-refractivity contribution in [3.05, 3.63) is 42.2 Å². The maximum absolute atomic E-state index is 5.71. The van der Waals surface area contributed by atoms with Gasteiger partial charge in [-0.2, -0.15) is 20.1 Å². The van der Waals surface area contributed by atoms with Gasteiger partial charge in [-0.1, -0.05) is 17.7 Å². The molecule has 0 aliphatic carbocycles. The molecule has 1 aromatic carbocycles. The molecule has 7 heteroatoms. The van der Waals surface area contributed by atoms with Crippen LogP contribution in [-0.2, 0) is 0 Å². The van der Waals surface area contributed by atoms with Crippen LogP contribution in [0.15, 0.2) is 36.7 Å². The minimum absolute atomic E-state index is 0.158. The number of nitrogens with one attached hydrogen (secondary N) is 2. The number of rotatable bonds is 3. The lowest BCUT2D eigenvalue weighted by Gasteiger charge is -2.06. The molecular weight excluding hydrogens is 254 g/mol. The van der Waals surface area contributed by atoms with Crippen LogP contribution in [0.2, 0.25) is 0 Å². The van der Waals surface area contributed by atoms with Crippen molar-refractivity contribution in [2.24, 2.45) is 0 Å². The van der Waals surface area contributed by atoms with Crippen LogP contribution in [0.3, 0.4) is 0 Å². The van der Waals surface area contributed by atoms with E-state index in [-0.39, 0.29) is 5.95 Å². The molecule has 20 heavy (non-hydrogen) atoms. The molecule has 3 aromatic rings. The molecule has 3 rings (SSSR count). The van der Waals surface area contributed by atoms with E-state index in [1.165, 1.54) is 5.56 Å². The first-order valence-electron chi connectivity index (χ1n) is 6.05. The van der Waals surface area contributed by atoms with Crippen LogP contribution in [-0.4, -0.2) is 25.1 Å². The Balaban J connectivity index is 1.92. The molecule has 0 bridgehead atoms. The molecule has 0 aliphatic heterocycles. The first-order valence-corrected chi connectivity index (χ1v) is 6.05. The molecule has 2 heterocycles. The average molecular weight is 267 g/mol. The quantitative estimate of drug-likeness (QED) is 0.669. The second kappa shape index (κ2) is 4.96. The lowest BCUT2D eigenvalue weighted by Crippen LogP contribution is -2.04. The third-order valence-corrected chi connectivity index (χ3v) is 2.72. The van der Waals surface area contributed by atoms with Crippen molar-refractivity contribution in [1.29, 1.82) is 0 Å². The number of hydrogen-bond donors (Lipinski definition) is 3. The highest BCUT2D eigenvalue weighted by molar-refractivity contribution is 5.59. The maximum atomic E-state index is 5.71. The zero-order valence-electron chi connectivity index (χ0n) is 10.8. The highest BCUT2D eigenvalue weighted by atomic mass is 15.2. The van der Waals surface area contributed by atoms with Crippen LogP contribution >= 0.6 is 0 Å². The molecule has 0 amide bonds. The van der Waals surface area contributed by atoms with Crippen LogP contribution < -0.4 is 11.1 Å². The number of anilines is 3. The zero-order valence-corrected chi connectivity index (χ0v) is 10.8. The fourth-order valence-corrected chi connectivity index (χ4v) is 1.72. The molecule has 0 unspecified atom stereocenters. The van der Waals surface area contributed by atoms with E-state index in [4.69, 9.17) is 5.73 Å². The molecule has 2 aromatic heterocycles. The Morgan fingerprint density at radius 2 is 1.90 bits per heavy atom. The Morgan fingerprint density at radius 3 is 2.60 bits per heavy atom. The summed E-state index contributed by atoms with van der Waals surface area (Å²) in [6, 6.07) is 7.91. The Bertz CT molecular complexity index is 704. The van der Waals surface area contributed by atoms with Gasteiger partial charge in [-0.15, -0.1) is 0 Å². The van der Waals surface area contributed by atoms with Crippen LogP contribution in [0.1, 0.15) is 5.56 Å². The van der Waals surface area contributed by atoms with Gasteiger partial charge in [0.1, 0.15) is 0 Å². The minimum Gasteiger partial charge on any atom is -0.368 e. The minimum atomic E-state index is 0.158. The summed E-state index contributed by atoms with van der Waals surface area (Å²) in [5.41, 5.74) is 8.54. The van der Waals surface area contributed by atoms with Gasteiger partial charge in [-0.25, -0.2) is 0 Å². The fraction of sp³-hybridized carbons (Fsp3) is 0.0769. The summed E-state index contributed by atoms with van der Waals surface area (Å²) >= 11 is 0. The maximum Gasteiger partial charge on any atom is 0.232 e. The molecule has 100 valence electrons. The third kappa shape index (κ3) is 2.56. The van der Waals surface area contributed by atoms with Gasteiger partial charge in [0.2, 0.25) is 11.9 Å². The lowest BCUT2D eigenvalue weighted by atomic mass is 10.2. The predicted molar refractivity (Wildman–Crippen MR) is 76.3 cm³/mol. The second-order valence-corrected chi connectivity index (χ2v) is 4.32. The molecule has 0 fully saturated rings. The summed E-state index contributed by atoms with van der Waals surface area (Å²) in [7, 11) is 0. The predicted octanol–water partition coefficient (Wildman–Crippen LogP) is 1.90. The van der Waals surface area contributed by atoms with Crippen LogP contribution in [0.25, 0.3) is 11.4 Å². The van der Waals surface area contributed by atoms with E-state index in [0.29, 0.717) is 11.8 Å². The smallest absolute Gasteiger partial charge is 0.232 e. The van der Waals surface area contributed by atoms with Gasteiger partial charge < -0.3 is 11.1 Å². The molecule has 0 atom stereocenters. The van der Waals surface area contributed by atoms with Crippen LogP contribution in [0.4, 0.5) is 17.6 Å². The number of nitrogens with two attached hydrogens (primary N) is 1. The Morgan fingerprint density at radius 1 is 1.10 bits per heavy atom. The van der Waals surface area contributed by atoms with Crippen molar-refractivity contribution in [3.8, 4) is 11.4 Å². The number of hydrogen-bond acceptors (Lipinski definition) is 6. The van der Waals surface area contributed by atoms with E-state index in [0.717, 1.165) is 11.3 Å². The fourth-order valence-electron chi connectivity index (χ4n) is 1.72. The number of aromatic amines is 1. The van der Waals surface area contributed by atoms with E-state index in [2.05, 4.69) is 30.5 Å². The highest BCUT2D eigenvalue weighted by Crippen LogP contribution is 2.18. The van der Waals surface area contributed by atoms with Gasteiger partial charge in [0.25, 0.3) is 0 Å². The Hall–Kier alpha value is -2.96. The molecule has 0 saturated carbocycles. The molecule has 0 spiro atoms. The van der Waals surface area contributed by atoms with E-state index in [9.17, 15) is 0 Å². The van der Waals surface area contributed by atoms with E-state index < -0.39 is 0 Å². The second-order valence-electron chi connectivity index (χ2n) is 4.32. The van der Waals surface area contributed by atoms with Gasteiger partial charge in [-0.05, 0) is 19.1 Å². The SMILES string of the molecule is Cc1ccc(Nc2nc(N)nc(-c3cn[nH]c3)n2)cc1. The molecule has 0 saturated heterocycles. The molecule has 0 radical (unpaired) electrons. The van der Waals surface area contributed by atoms with Crippen LogP contribution in [0.5, 0.6) is 0 Å². The Labute approximate surface area is 115 Å². The monoisotopic (exact) mass is 267 g/mol. The van der Waals surface area contributed by atoms with Crippen molar-refractivity contribution in [3.63, 3.8) is 0 Å². The highest BCUT2D eigenvalue weighted by Gasteiger charge is 2.07. The summed E-state index contributed by atoms with van der Waals surface area (Å²) in [4.78, 5) is 12.5. The molecule has 4 N–H and O–H groups in total. The third-order valence-electron chi connectivity index (χ3n) is 2.72. The summed E-state index contributed by atoms with van der Waals surface area (Å²) in [5.74, 6) is 1.03. The number of benzene rings is 1. The Kier molecular flexibility index (Phi) is 3.00. The zero-order chi connectivity index (χ0) is 13.9. The van der Waals surface area contributed by atoms with E-state index in [1.54, 1.807) is 12.4 Å². The van der Waals surface area contributed by atoms with Crippen molar-refractivity contribution in [1.82, 2.24) is 25.1 Å². The van der Waals surface area contributed by atoms with Crippen molar-refractivity contribution in [2.45, 2.75) is 6.92 Å². The first-order chi connectivity index (χ1) is 9.70. The standard InChI is InChI=1S/C13H13N7/c1-8-2-4-10(5-3-8)17-13-19-11(18-12(14)20-13)9-6-15-16-7-9/h2-7H,1H3,(H,15,16)(H3,14,17,18,19,20). The number of nitrogens with zero attached hydrogens (tertiary/aromatic N) is 4. The summed E-state index contributed by atoms with van der Waals surface area (Å²) in [6.45, 7) is 2.03. The van der Waals surface area contributed by atoms with Gasteiger partial charge in [-0.3, -0.25) is 5.10 Å². The van der Waals surface area contributed by atoms with Crippen molar-refractivity contribution in [2.75, 3.05) is 11.1 Å². The molecule has 0 aliphatic rings. The summed E-state index contributed by atoms with van der Waals surface area (Å²) in [5, 5.41) is 9.68. The molecular formula is C13H13N7. The van der Waals surface area contributed by atoms with Gasteiger partial charge in [0.15, 0.2) is 5.82 Å². The average Bonchev–Trinajstić information content (AvgIpc) is 2.95. The molecule has 7 nitrogen and oxygen atoms in total. The van der Waals surface area contributed by atoms with Gasteiger partial charge >= 0.3 is 0 Å². The first kappa shape index (κ1) is 12.1. The topological polar surface area (TPSA) is 105 Å². The number of H-pyrrole nitrogens is 1. The number of nitrogen functional groups attached to an aromatic ring is 1. The normalized spacial score (nSPS) is 10.4. The number of aryl methyl sites for hydroxylation is 1. The van der Waals surface area contributed by atoms with Crippen molar-refractivity contribution >= 4 is 17.6 Å². The largest absolute Gasteiger partial charge is 0.368 e. The van der Waals surface area contributed by atoms with Crippen LogP contribution in [0, 0.1) is 6.92 Å². The lowest BCUT2D eigenvalue weighted by molar-refractivity contribution is 1.08. The summed E-state index contributed by atoms with van der Waals surface area (Å²) in [6.07, 6.45) is 3.33.